The highest BCUT2D eigenvalue weighted by Crippen LogP contribution is 2.39. The van der Waals surface area contributed by atoms with Gasteiger partial charge in [-0.05, 0) is 74.0 Å². The highest BCUT2D eigenvalue weighted by Gasteiger charge is 2.50. The first kappa shape index (κ1) is 74.9. The molecule has 5 aliphatic rings. The second-order valence-electron chi connectivity index (χ2n) is 26.1. The van der Waals surface area contributed by atoms with E-state index in [2.05, 4.69) is 70.2 Å². The Hall–Kier alpha value is -7.30. The summed E-state index contributed by atoms with van der Waals surface area (Å²) >= 11 is 1.38. The number of amides is 7. The summed E-state index contributed by atoms with van der Waals surface area (Å²) in [7, 11) is 0. The number of hydrogen-bond donors (Lipinski definition) is 16. The number of aliphatic hydroxyl groups is 8. The van der Waals surface area contributed by atoms with Crippen molar-refractivity contribution in [2.45, 2.75) is 151 Å². The molecule has 3 aromatic carbocycles. The molecule has 98 heavy (non-hydrogen) atoms. The minimum atomic E-state index is -2.16. The van der Waals surface area contributed by atoms with Gasteiger partial charge in [0.2, 0.25) is 35.4 Å². The monoisotopic (exact) mass is 1410 g/mol. The Bertz CT molecular complexity index is 3410. The Morgan fingerprint density at radius 1 is 0.776 bits per heavy atom. The number of ether oxygens (including phenoxy) is 2. The van der Waals surface area contributed by atoms with Gasteiger partial charge in [0.25, 0.3) is 18.2 Å². The number of anilines is 1. The van der Waals surface area contributed by atoms with Crippen LogP contribution in [0.25, 0.3) is 21.1 Å². The fraction of sp³-hybridized carbons (Fsp3) is 0.571. The van der Waals surface area contributed by atoms with Crippen LogP contribution >= 0.6 is 23.7 Å². The predicted octanol–water partition coefficient (Wildman–Crippen LogP) is -2.41. The second kappa shape index (κ2) is 33.2. The van der Waals surface area contributed by atoms with Gasteiger partial charge in [-0.25, -0.2) is 5.26 Å². The maximum absolute atomic E-state index is 15.0. The number of β-amino-alcohol motifs (C(OH)–C–C–N with tert-alkyl or cyclic N) is 1. The normalized spacial score (nSPS) is 26.9. The van der Waals surface area contributed by atoms with Crippen molar-refractivity contribution in [3.05, 3.63) is 77.9 Å². The number of hydrogen-bond acceptors (Lipinski definition) is 28. The summed E-state index contributed by atoms with van der Waals surface area (Å²) in [5, 5.41) is 136. The molecule has 0 bridgehead atoms. The van der Waals surface area contributed by atoms with E-state index in [9.17, 15) is 79.5 Å². The van der Waals surface area contributed by atoms with Gasteiger partial charge in [0.15, 0.2) is 17.3 Å². The van der Waals surface area contributed by atoms with E-state index in [1.807, 2.05) is 24.3 Å². The van der Waals surface area contributed by atoms with Gasteiger partial charge in [0.1, 0.15) is 46.3 Å². The summed E-state index contributed by atoms with van der Waals surface area (Å²) in [6.45, 7) is 6.71. The molecule has 0 aliphatic carbocycles. The third-order valence-corrected chi connectivity index (χ3v) is 19.4. The first-order valence-corrected chi connectivity index (χ1v) is 33.5. The highest BCUT2D eigenvalue weighted by molar-refractivity contribution is 7.90. The van der Waals surface area contributed by atoms with Crippen LogP contribution in [0.5, 0.6) is 11.5 Å². The quantitative estimate of drug-likeness (QED) is 0.0190. The molecule has 16 N–H and O–H groups in total. The average Bonchev–Trinajstić information content (AvgIpc) is 1.73. The van der Waals surface area contributed by atoms with Crippen molar-refractivity contribution in [1.82, 2.24) is 51.9 Å². The molecule has 13 atom stereocenters. The van der Waals surface area contributed by atoms with Gasteiger partial charge < -0.3 is 106 Å². The number of carbonyl (C=O) groups is 7. The zero-order valence-electron chi connectivity index (χ0n) is 54.2. The predicted molar refractivity (Wildman–Crippen MR) is 347 cm³/mol. The van der Waals surface area contributed by atoms with Crippen molar-refractivity contribution in [2.75, 3.05) is 70.6 Å². The molecule has 5 saturated heterocycles. The Labute approximate surface area is 571 Å². The van der Waals surface area contributed by atoms with E-state index >= 15 is 0 Å². The van der Waals surface area contributed by atoms with E-state index in [4.69, 9.17) is 18.9 Å². The van der Waals surface area contributed by atoms with Crippen LogP contribution in [0.2, 0.25) is 0 Å². The van der Waals surface area contributed by atoms with E-state index in [1.54, 1.807) is 12.1 Å². The average molecular weight is 1410 g/mol. The number of piperidine rings is 1. The first-order chi connectivity index (χ1) is 46.7. The second-order valence-corrected chi connectivity index (χ2v) is 27.5. The standard InChI is InChI=1S/C63H85N11O22S2/c1-32-26-74-51(52(32)83)57(88)65-25-40(78)23-42(66-53(84)35-6-8-36(9-7-35)58-70-71-59(97-58)37-10-12-39(13-11-37)72-19-16-63(17-20-72)92-30-62(3,4)31-93-63)54(85)67-48(33(2)77)60(89)73-27-41(79)24-43(73)55(86)68-49(46(82)21-34-5-14-44(80)47(22-34)94-98-96-95-91)56(87)69-50(61(74)90)45(81)15-18-64-38(28-75)29-76/h5-14,22,32-33,38,40-43,45-46,48-52,64,75-83,91H,15-21,23-31H2,1-4H3,(H,65,88)(H,66,84)(H,67,85)(H,68,86)(H,69,87)/t32-,33+,40+,41+,42?,43-,45+,46+,48-,49-,50-,51-,52-/m0/s1. The maximum Gasteiger partial charge on any atom is 0.261 e. The number of aromatic nitrogens is 2. The summed E-state index contributed by atoms with van der Waals surface area (Å²) in [4.78, 5) is 106. The Morgan fingerprint density at radius 2 is 1.40 bits per heavy atom. The third-order valence-electron chi connectivity index (χ3n) is 18.0. The molecule has 0 radical (unpaired) electrons. The van der Waals surface area contributed by atoms with Gasteiger partial charge in [-0.15, -0.1) is 10.2 Å². The van der Waals surface area contributed by atoms with E-state index < -0.39 is 190 Å². The van der Waals surface area contributed by atoms with Crippen molar-refractivity contribution in [3.63, 3.8) is 0 Å². The molecule has 5 aliphatic heterocycles. The van der Waals surface area contributed by atoms with E-state index in [1.165, 1.54) is 36.5 Å². The van der Waals surface area contributed by atoms with Crippen molar-refractivity contribution >= 4 is 70.7 Å². The molecule has 6 heterocycles. The first-order valence-electron chi connectivity index (χ1n) is 32.1. The number of aliphatic hydroxyl groups excluding tert-OH is 8. The van der Waals surface area contributed by atoms with Crippen LogP contribution in [0, 0.1) is 11.3 Å². The molecule has 1 spiro atoms. The van der Waals surface area contributed by atoms with Crippen LogP contribution in [0.4, 0.5) is 5.69 Å². The van der Waals surface area contributed by atoms with E-state index in [0.29, 0.717) is 28.8 Å². The molecular weight excluding hydrogens is 1330 g/mol. The molecule has 4 aromatic rings. The number of fused-ring (bicyclic) bond motifs is 2. The largest absolute Gasteiger partial charge is 0.504 e. The molecular formula is C63H85N11O22S2. The fourth-order valence-electron chi connectivity index (χ4n) is 12.3. The summed E-state index contributed by atoms with van der Waals surface area (Å²) in [6, 6.07) is 5.30. The lowest BCUT2D eigenvalue weighted by Crippen LogP contribution is -2.64. The summed E-state index contributed by atoms with van der Waals surface area (Å²) in [5.41, 5.74) is 2.54. The molecule has 1 unspecified atom stereocenters. The van der Waals surface area contributed by atoms with Crippen LogP contribution in [0.3, 0.4) is 0 Å². The number of rotatable bonds is 20. The van der Waals surface area contributed by atoms with Gasteiger partial charge in [-0.1, -0.05) is 59.7 Å². The van der Waals surface area contributed by atoms with Crippen molar-refractivity contribution in [2.24, 2.45) is 11.3 Å². The molecule has 0 saturated carbocycles. The lowest BCUT2D eigenvalue weighted by atomic mass is 9.92. The molecule has 1 aromatic heterocycles. The van der Waals surface area contributed by atoms with Crippen molar-refractivity contribution < 1.29 is 108 Å². The Morgan fingerprint density at radius 3 is 2.03 bits per heavy atom. The lowest BCUT2D eigenvalue weighted by Gasteiger charge is -2.47. The third kappa shape index (κ3) is 18.4. The van der Waals surface area contributed by atoms with Crippen molar-refractivity contribution in [1.29, 1.82) is 0 Å². The number of phenols is 1. The fourth-order valence-corrected chi connectivity index (χ4v) is 13.4. The number of aromatic hydroxyl groups is 1. The van der Waals surface area contributed by atoms with Crippen LogP contribution < -0.4 is 41.0 Å². The summed E-state index contributed by atoms with van der Waals surface area (Å²) in [5.74, 6) is -10.2. The SMILES string of the molecule is C[C@@H](O)[C@@H]1NC(=O)C(NC(=O)c2ccc(-c3nnc(-c4ccc(N5CCC6(CC5)OCC(C)(C)CO6)cc4)s3)cc2)C[C@@H](O)CNC(=O)[C@@H]2[C@@H](O)[C@@H](C)CN2C(=O)[C@H]([C@H](O)CCNC(CO)CO)NC(=O)[C@H]([C@H](O)Cc2ccc(O)c(OSOOO)c2)NC(=O)[C@@H]2C[C@@H](O)CN2C1=O. The van der Waals surface area contributed by atoms with Gasteiger partial charge in [-0.2, -0.15) is 0 Å². The summed E-state index contributed by atoms with van der Waals surface area (Å²) in [6.07, 6.45) is -11.2. The minimum Gasteiger partial charge on any atom is -0.504 e. The Balaban J connectivity index is 0.968. The topological polar surface area (TPSA) is 476 Å². The van der Waals surface area contributed by atoms with Gasteiger partial charge in [-0.3, -0.25) is 33.6 Å². The van der Waals surface area contributed by atoms with Gasteiger partial charge in [0, 0.05) is 98.5 Å². The molecule has 9 rings (SSSR count). The lowest BCUT2D eigenvalue weighted by molar-refractivity contribution is -0.433. The van der Waals surface area contributed by atoms with E-state index in [-0.39, 0.29) is 47.7 Å². The molecule has 536 valence electrons. The maximum atomic E-state index is 15.0. The number of carbonyl (C=O) groups excluding carboxylic acids is 7. The number of nitrogens with zero attached hydrogens (tertiary/aromatic N) is 5. The van der Waals surface area contributed by atoms with E-state index in [0.717, 1.165) is 66.0 Å². The number of phenolic OH excluding ortho intramolecular Hbond substituents is 1. The van der Waals surface area contributed by atoms with Gasteiger partial charge in [0.05, 0.1) is 69.1 Å². The van der Waals surface area contributed by atoms with Crippen molar-refractivity contribution in [3.8, 4) is 32.6 Å². The van der Waals surface area contributed by atoms with Crippen LogP contribution in [0.1, 0.15) is 75.7 Å². The number of benzene rings is 3. The number of nitrogens with one attached hydrogen (secondary N) is 6. The van der Waals surface area contributed by atoms with Crippen LogP contribution in [-0.4, -0.2) is 263 Å². The van der Waals surface area contributed by atoms with Gasteiger partial charge >= 0.3 is 0 Å². The van der Waals surface area contributed by atoms with Crippen LogP contribution in [-0.2, 0) is 54.0 Å². The minimum absolute atomic E-state index is 0.00896. The molecule has 35 heteroatoms. The zero-order chi connectivity index (χ0) is 70.8. The van der Waals surface area contributed by atoms with Crippen LogP contribution in [0.15, 0.2) is 66.7 Å². The Kier molecular flexibility index (Phi) is 25.4. The summed E-state index contributed by atoms with van der Waals surface area (Å²) < 4.78 is 21.8. The highest BCUT2D eigenvalue weighted by atomic mass is 32.2. The zero-order valence-corrected chi connectivity index (χ0v) is 55.8. The molecule has 7 amide bonds. The smallest absolute Gasteiger partial charge is 0.261 e. The molecule has 5 fully saturated rings. The molecule has 33 nitrogen and oxygen atoms in total.